The van der Waals surface area contributed by atoms with Crippen molar-refractivity contribution in [3.8, 4) is 0 Å². The van der Waals surface area contributed by atoms with E-state index in [4.69, 9.17) is 4.74 Å². The first-order valence-electron chi connectivity index (χ1n) is 12.0. The summed E-state index contributed by atoms with van der Waals surface area (Å²) in [5, 5.41) is 0. The third kappa shape index (κ3) is 8.02. The third-order valence-electron chi connectivity index (χ3n) is 6.89. The first kappa shape index (κ1) is 21.3. The topological polar surface area (TPSA) is 9.23 Å². The maximum Gasteiger partial charge on any atom is 0.0607 e. The van der Waals surface area contributed by atoms with Gasteiger partial charge in [-0.3, -0.25) is 0 Å². The van der Waals surface area contributed by atoms with Crippen molar-refractivity contribution in [1.29, 1.82) is 0 Å². The molecular weight excluding hydrogens is 304 g/mol. The van der Waals surface area contributed by atoms with Crippen LogP contribution < -0.4 is 0 Å². The molecule has 2 aliphatic carbocycles. The van der Waals surface area contributed by atoms with Gasteiger partial charge in [0.25, 0.3) is 0 Å². The molecular formula is C24H46O. The van der Waals surface area contributed by atoms with E-state index in [1.165, 1.54) is 116 Å². The second-order valence-corrected chi connectivity index (χ2v) is 9.00. The van der Waals surface area contributed by atoms with E-state index < -0.39 is 0 Å². The largest absolute Gasteiger partial charge is 0.374 e. The van der Waals surface area contributed by atoms with Crippen molar-refractivity contribution in [2.45, 2.75) is 142 Å². The maximum atomic E-state index is 7.02. The molecule has 0 amide bonds. The van der Waals surface area contributed by atoms with Gasteiger partial charge < -0.3 is 4.74 Å². The predicted molar refractivity (Wildman–Crippen MR) is 110 cm³/mol. The number of unbranched alkanes of at least 4 members (excludes halogenated alkanes) is 4. The van der Waals surface area contributed by atoms with Gasteiger partial charge in [-0.05, 0) is 50.4 Å². The molecule has 0 saturated heterocycles. The zero-order valence-electron chi connectivity index (χ0n) is 17.4. The molecule has 2 fully saturated rings. The summed E-state index contributed by atoms with van der Waals surface area (Å²) >= 11 is 0. The average molecular weight is 351 g/mol. The summed E-state index contributed by atoms with van der Waals surface area (Å²) in [5.74, 6) is 1.73. The second-order valence-electron chi connectivity index (χ2n) is 9.00. The first-order chi connectivity index (χ1) is 12.3. The standard InChI is InChI=1S/C24H46O/c1-3-5-9-19-23(21-15-11-7-12-16-21)25-24(20-10-6-4-2)22-17-13-8-14-18-22/h21-24H,3-20H2,1-2H3. The van der Waals surface area contributed by atoms with E-state index in [1.807, 2.05) is 0 Å². The molecule has 0 N–H and O–H groups in total. The Morgan fingerprint density at radius 3 is 1.36 bits per heavy atom. The molecule has 1 heteroatoms. The minimum absolute atomic E-state index is 0.570. The molecule has 0 aromatic heterocycles. The van der Waals surface area contributed by atoms with Crippen molar-refractivity contribution >= 4 is 0 Å². The lowest BCUT2D eigenvalue weighted by Gasteiger charge is -2.37. The Hall–Kier alpha value is -0.0400. The van der Waals surface area contributed by atoms with Crippen molar-refractivity contribution in [3.63, 3.8) is 0 Å². The van der Waals surface area contributed by atoms with Crippen molar-refractivity contribution < 1.29 is 4.74 Å². The third-order valence-corrected chi connectivity index (χ3v) is 6.89. The summed E-state index contributed by atoms with van der Waals surface area (Å²) in [6.45, 7) is 4.65. The van der Waals surface area contributed by atoms with Gasteiger partial charge in [0.05, 0.1) is 12.2 Å². The molecule has 2 saturated carbocycles. The van der Waals surface area contributed by atoms with Crippen LogP contribution in [-0.2, 0) is 4.74 Å². The highest BCUT2D eigenvalue weighted by molar-refractivity contribution is 4.80. The van der Waals surface area contributed by atoms with Crippen LogP contribution in [0.25, 0.3) is 0 Å². The van der Waals surface area contributed by atoms with Crippen molar-refractivity contribution in [1.82, 2.24) is 0 Å². The number of ether oxygens (including phenoxy) is 1. The van der Waals surface area contributed by atoms with Gasteiger partial charge in [-0.25, -0.2) is 0 Å². The lowest BCUT2D eigenvalue weighted by Crippen LogP contribution is -2.35. The first-order valence-corrected chi connectivity index (χ1v) is 12.0. The summed E-state index contributed by atoms with van der Waals surface area (Å²) in [7, 11) is 0. The fourth-order valence-corrected chi connectivity index (χ4v) is 5.26. The average Bonchev–Trinajstić information content (AvgIpc) is 2.67. The minimum atomic E-state index is 0.570. The SMILES string of the molecule is CCCCCC(OC(CCCCC)C1CCCCC1)C1CCCCC1. The monoisotopic (exact) mass is 350 g/mol. The van der Waals surface area contributed by atoms with Crippen LogP contribution in [0.5, 0.6) is 0 Å². The van der Waals surface area contributed by atoms with E-state index >= 15 is 0 Å². The van der Waals surface area contributed by atoms with Crippen molar-refractivity contribution in [2.24, 2.45) is 11.8 Å². The smallest absolute Gasteiger partial charge is 0.0607 e. The highest BCUT2D eigenvalue weighted by Gasteiger charge is 2.30. The van der Waals surface area contributed by atoms with E-state index in [1.54, 1.807) is 0 Å². The van der Waals surface area contributed by atoms with Crippen LogP contribution in [-0.4, -0.2) is 12.2 Å². The Morgan fingerprint density at radius 2 is 1.00 bits per heavy atom. The van der Waals surface area contributed by atoms with Crippen LogP contribution in [0.3, 0.4) is 0 Å². The fraction of sp³-hybridized carbons (Fsp3) is 1.00. The summed E-state index contributed by atoms with van der Waals surface area (Å²) in [6, 6.07) is 0. The van der Waals surface area contributed by atoms with Crippen LogP contribution in [0.1, 0.15) is 129 Å². The Morgan fingerprint density at radius 1 is 0.600 bits per heavy atom. The van der Waals surface area contributed by atoms with Crippen molar-refractivity contribution in [3.05, 3.63) is 0 Å². The normalized spacial score (nSPS) is 22.8. The second kappa shape index (κ2) is 13.2. The molecule has 0 aromatic rings. The van der Waals surface area contributed by atoms with E-state index in [0.717, 1.165) is 11.8 Å². The number of hydrogen-bond donors (Lipinski definition) is 0. The Labute approximate surface area is 158 Å². The van der Waals surface area contributed by atoms with E-state index in [-0.39, 0.29) is 0 Å². The van der Waals surface area contributed by atoms with Gasteiger partial charge in [0, 0.05) is 0 Å². The van der Waals surface area contributed by atoms with E-state index in [2.05, 4.69) is 13.8 Å². The molecule has 0 spiro atoms. The summed E-state index contributed by atoms with van der Waals surface area (Å²) in [4.78, 5) is 0. The zero-order chi connectivity index (χ0) is 17.7. The van der Waals surface area contributed by atoms with Gasteiger partial charge >= 0.3 is 0 Å². The van der Waals surface area contributed by atoms with Gasteiger partial charge in [-0.1, -0.05) is 90.9 Å². The van der Waals surface area contributed by atoms with Gasteiger partial charge in [0.15, 0.2) is 0 Å². The Bertz CT molecular complexity index is 271. The molecule has 2 aliphatic rings. The van der Waals surface area contributed by atoms with Crippen LogP contribution in [0.2, 0.25) is 0 Å². The lowest BCUT2D eigenvalue weighted by molar-refractivity contribution is -0.0888. The molecule has 0 bridgehead atoms. The molecule has 2 unspecified atom stereocenters. The van der Waals surface area contributed by atoms with Gasteiger partial charge in [0.1, 0.15) is 0 Å². The molecule has 0 heterocycles. The van der Waals surface area contributed by atoms with Crippen LogP contribution in [0, 0.1) is 11.8 Å². The molecule has 0 radical (unpaired) electrons. The number of rotatable bonds is 12. The lowest BCUT2D eigenvalue weighted by atomic mass is 9.81. The van der Waals surface area contributed by atoms with Crippen LogP contribution in [0.4, 0.5) is 0 Å². The number of hydrogen-bond acceptors (Lipinski definition) is 1. The van der Waals surface area contributed by atoms with Gasteiger partial charge in [-0.15, -0.1) is 0 Å². The Kier molecular flexibility index (Phi) is 11.2. The molecule has 148 valence electrons. The predicted octanol–water partition coefficient (Wildman–Crippen LogP) is 8.06. The fourth-order valence-electron chi connectivity index (χ4n) is 5.26. The minimum Gasteiger partial charge on any atom is -0.374 e. The molecule has 25 heavy (non-hydrogen) atoms. The summed E-state index contributed by atoms with van der Waals surface area (Å²) < 4.78 is 7.02. The molecule has 2 rings (SSSR count). The molecule has 0 aliphatic heterocycles. The molecule has 2 atom stereocenters. The summed E-state index contributed by atoms with van der Waals surface area (Å²) in [6.07, 6.45) is 26.4. The van der Waals surface area contributed by atoms with E-state index in [9.17, 15) is 0 Å². The quantitative estimate of drug-likeness (QED) is 0.323. The van der Waals surface area contributed by atoms with Crippen LogP contribution >= 0.6 is 0 Å². The van der Waals surface area contributed by atoms with Gasteiger partial charge in [0.2, 0.25) is 0 Å². The Balaban J connectivity index is 1.94. The van der Waals surface area contributed by atoms with Gasteiger partial charge in [-0.2, -0.15) is 0 Å². The molecule has 0 aromatic carbocycles. The highest BCUT2D eigenvalue weighted by atomic mass is 16.5. The van der Waals surface area contributed by atoms with Crippen LogP contribution in [0.15, 0.2) is 0 Å². The summed E-state index contributed by atoms with van der Waals surface area (Å²) in [5.41, 5.74) is 0. The van der Waals surface area contributed by atoms with E-state index in [0.29, 0.717) is 12.2 Å². The maximum absolute atomic E-state index is 7.02. The van der Waals surface area contributed by atoms with Crippen molar-refractivity contribution in [2.75, 3.05) is 0 Å². The zero-order valence-corrected chi connectivity index (χ0v) is 17.4. The highest BCUT2D eigenvalue weighted by Crippen LogP contribution is 2.36. The molecule has 1 nitrogen and oxygen atoms in total.